The van der Waals surface area contributed by atoms with Crippen molar-refractivity contribution in [1.29, 1.82) is 0 Å². The maximum Gasteiger partial charge on any atom is 0.416 e. The molecule has 37 heavy (non-hydrogen) atoms. The molecular formula is C25H22F4N6OS. The van der Waals surface area contributed by atoms with E-state index in [1.54, 1.807) is 18.2 Å². The zero-order valence-electron chi connectivity index (χ0n) is 19.9. The van der Waals surface area contributed by atoms with E-state index < -0.39 is 23.6 Å². The van der Waals surface area contributed by atoms with Crippen molar-refractivity contribution in [3.63, 3.8) is 0 Å². The molecule has 2 amide bonds. The van der Waals surface area contributed by atoms with Gasteiger partial charge in [0.15, 0.2) is 5.82 Å². The van der Waals surface area contributed by atoms with Gasteiger partial charge < -0.3 is 16.4 Å². The molecule has 4 rings (SSSR count). The van der Waals surface area contributed by atoms with Crippen LogP contribution in [0, 0.1) is 5.82 Å². The fourth-order valence-corrected chi connectivity index (χ4v) is 4.48. The van der Waals surface area contributed by atoms with Crippen molar-refractivity contribution in [2.24, 2.45) is 0 Å². The molecule has 0 spiro atoms. The van der Waals surface area contributed by atoms with Gasteiger partial charge in [0.05, 0.1) is 26.8 Å². The molecule has 192 valence electrons. The Balaban J connectivity index is 1.65. The molecule has 0 bridgehead atoms. The summed E-state index contributed by atoms with van der Waals surface area (Å²) >= 11 is 1.30. The number of rotatable bonds is 4. The number of carbonyl (C=O) groups excluding carboxylic acids is 1. The first kappa shape index (κ1) is 26.0. The molecule has 2 aromatic heterocycles. The highest BCUT2D eigenvalue weighted by atomic mass is 32.1. The monoisotopic (exact) mass is 530 g/mol. The van der Waals surface area contributed by atoms with Crippen LogP contribution in [-0.4, -0.2) is 21.0 Å². The molecule has 0 unspecified atom stereocenters. The van der Waals surface area contributed by atoms with E-state index in [4.69, 9.17) is 10.7 Å². The van der Waals surface area contributed by atoms with E-state index in [1.807, 2.05) is 20.8 Å². The van der Waals surface area contributed by atoms with Gasteiger partial charge in [-0.15, -0.1) is 11.3 Å². The summed E-state index contributed by atoms with van der Waals surface area (Å²) in [5.74, 6) is -0.665. The van der Waals surface area contributed by atoms with Crippen molar-refractivity contribution in [2.45, 2.75) is 32.4 Å². The molecule has 0 aliphatic rings. The van der Waals surface area contributed by atoms with Crippen LogP contribution in [0.15, 0.2) is 54.7 Å². The smallest absolute Gasteiger partial charge is 0.368 e. The minimum absolute atomic E-state index is 0.0459. The Bertz CT molecular complexity index is 1450. The lowest BCUT2D eigenvalue weighted by molar-refractivity contribution is -0.137. The molecule has 2 heterocycles. The highest BCUT2D eigenvalue weighted by molar-refractivity contribution is 7.15. The van der Waals surface area contributed by atoms with E-state index >= 15 is 4.39 Å². The van der Waals surface area contributed by atoms with E-state index in [-0.39, 0.29) is 28.3 Å². The summed E-state index contributed by atoms with van der Waals surface area (Å²) in [5.41, 5.74) is 5.59. The first-order chi connectivity index (χ1) is 17.3. The number of nitrogens with two attached hydrogens (primary N) is 1. The molecule has 7 nitrogen and oxygen atoms in total. The number of alkyl halides is 3. The Morgan fingerprint density at radius 3 is 2.30 bits per heavy atom. The van der Waals surface area contributed by atoms with Gasteiger partial charge in [0, 0.05) is 22.9 Å². The third-order valence-corrected chi connectivity index (χ3v) is 6.66. The number of urea groups is 1. The summed E-state index contributed by atoms with van der Waals surface area (Å²) in [4.78, 5) is 25.8. The van der Waals surface area contributed by atoms with E-state index in [0.29, 0.717) is 16.3 Å². The zero-order valence-corrected chi connectivity index (χ0v) is 20.8. The predicted octanol–water partition coefficient (Wildman–Crippen LogP) is 6.95. The number of halogens is 4. The average Bonchev–Trinajstić information content (AvgIpc) is 3.26. The minimum atomic E-state index is -4.50. The molecule has 2 aromatic carbocycles. The first-order valence-corrected chi connectivity index (χ1v) is 11.8. The minimum Gasteiger partial charge on any atom is -0.368 e. The Kier molecular flexibility index (Phi) is 6.87. The molecule has 4 N–H and O–H groups in total. The highest BCUT2D eigenvalue weighted by Gasteiger charge is 2.30. The second-order valence-corrected chi connectivity index (χ2v) is 10.1. The second-order valence-electron chi connectivity index (χ2n) is 9.07. The zero-order chi connectivity index (χ0) is 27.0. The fraction of sp³-hybridized carbons (Fsp3) is 0.200. The number of aromatic nitrogens is 3. The lowest BCUT2D eigenvalue weighted by atomic mass is 9.98. The van der Waals surface area contributed by atoms with Crippen molar-refractivity contribution in [3.05, 3.63) is 71.1 Å². The quantitative estimate of drug-likeness (QED) is 0.248. The molecule has 0 saturated heterocycles. The van der Waals surface area contributed by atoms with E-state index in [1.165, 1.54) is 23.6 Å². The molecule has 0 saturated carbocycles. The summed E-state index contributed by atoms with van der Waals surface area (Å²) in [7, 11) is 0. The summed E-state index contributed by atoms with van der Waals surface area (Å²) in [6.07, 6.45) is -3.01. The second kappa shape index (κ2) is 9.77. The third kappa shape index (κ3) is 5.85. The normalized spacial score (nSPS) is 11.9. The number of nitrogen functional groups attached to an aromatic ring is 1. The largest absolute Gasteiger partial charge is 0.416 e. The predicted molar refractivity (Wildman–Crippen MR) is 136 cm³/mol. The molecular weight excluding hydrogens is 508 g/mol. The molecule has 0 aliphatic heterocycles. The fourth-order valence-electron chi connectivity index (χ4n) is 3.33. The van der Waals surface area contributed by atoms with Crippen molar-refractivity contribution in [3.8, 4) is 21.8 Å². The van der Waals surface area contributed by atoms with E-state index in [2.05, 4.69) is 20.6 Å². The lowest BCUT2D eigenvalue weighted by Crippen LogP contribution is -2.20. The number of amides is 2. The van der Waals surface area contributed by atoms with Crippen molar-refractivity contribution in [2.75, 3.05) is 16.4 Å². The number of nitrogens with zero attached hydrogens (tertiary/aromatic N) is 3. The Morgan fingerprint density at radius 2 is 1.68 bits per heavy atom. The van der Waals surface area contributed by atoms with Crippen molar-refractivity contribution < 1.29 is 22.4 Å². The lowest BCUT2D eigenvalue weighted by Gasteiger charge is -2.13. The van der Waals surface area contributed by atoms with Crippen LogP contribution in [0.1, 0.15) is 31.3 Å². The Hall–Kier alpha value is -4.06. The van der Waals surface area contributed by atoms with Gasteiger partial charge in [-0.3, -0.25) is 0 Å². The third-order valence-electron chi connectivity index (χ3n) is 5.15. The number of carbonyl (C=O) groups is 1. The van der Waals surface area contributed by atoms with E-state index in [9.17, 15) is 18.0 Å². The van der Waals surface area contributed by atoms with Crippen LogP contribution in [0.4, 0.5) is 39.7 Å². The van der Waals surface area contributed by atoms with Gasteiger partial charge in [0.2, 0.25) is 5.95 Å². The first-order valence-electron chi connectivity index (χ1n) is 11.0. The number of anilines is 3. The summed E-state index contributed by atoms with van der Waals surface area (Å²) in [5, 5.41) is 5.55. The maximum absolute atomic E-state index is 15.7. The molecule has 0 aliphatic carbocycles. The van der Waals surface area contributed by atoms with Crippen LogP contribution < -0.4 is 16.4 Å². The summed E-state index contributed by atoms with van der Waals surface area (Å²) in [6, 6.07) is 9.21. The van der Waals surface area contributed by atoms with E-state index in [0.717, 1.165) is 29.3 Å². The average molecular weight is 531 g/mol. The van der Waals surface area contributed by atoms with Gasteiger partial charge in [-0.05, 0) is 36.4 Å². The van der Waals surface area contributed by atoms with Gasteiger partial charge in [-0.1, -0.05) is 32.9 Å². The number of benzene rings is 2. The number of nitrogens with one attached hydrogen (secondary N) is 2. The van der Waals surface area contributed by atoms with Gasteiger partial charge in [-0.2, -0.15) is 13.2 Å². The maximum atomic E-state index is 15.7. The van der Waals surface area contributed by atoms with Gasteiger partial charge in [-0.25, -0.2) is 24.1 Å². The van der Waals surface area contributed by atoms with Crippen LogP contribution in [-0.2, 0) is 11.6 Å². The van der Waals surface area contributed by atoms with Gasteiger partial charge in [0.1, 0.15) is 5.69 Å². The van der Waals surface area contributed by atoms with Crippen LogP contribution in [0.25, 0.3) is 21.8 Å². The van der Waals surface area contributed by atoms with Crippen LogP contribution >= 0.6 is 11.3 Å². The topological polar surface area (TPSA) is 106 Å². The van der Waals surface area contributed by atoms with Crippen LogP contribution in [0.2, 0.25) is 0 Å². The standard InChI is InChI=1S/C25H22F4N6OS/c1-24(2,3)21-35-19(17-11-12-31-22(30)33-17)20(37-21)15-5-4-6-16(18(15)26)34-23(36)32-14-9-7-13(8-10-14)25(27,28)29/h4-12H,1-3H3,(H2,30,31,33)(H2,32,34,36). The van der Waals surface area contributed by atoms with Crippen LogP contribution in [0.3, 0.4) is 0 Å². The Labute approximate surface area is 213 Å². The van der Waals surface area contributed by atoms with Crippen molar-refractivity contribution in [1.82, 2.24) is 15.0 Å². The van der Waals surface area contributed by atoms with Crippen LogP contribution in [0.5, 0.6) is 0 Å². The highest BCUT2D eigenvalue weighted by Crippen LogP contribution is 2.42. The molecule has 0 fully saturated rings. The summed E-state index contributed by atoms with van der Waals surface area (Å²) < 4.78 is 53.9. The Morgan fingerprint density at radius 1 is 0.973 bits per heavy atom. The molecule has 0 radical (unpaired) electrons. The number of hydrogen-bond donors (Lipinski definition) is 3. The van der Waals surface area contributed by atoms with Crippen molar-refractivity contribution >= 4 is 34.7 Å². The SMILES string of the molecule is CC(C)(C)c1nc(-c2ccnc(N)n2)c(-c2cccc(NC(=O)Nc3ccc(C(F)(F)F)cc3)c2F)s1. The molecule has 4 aromatic rings. The molecule has 0 atom stereocenters. The summed E-state index contributed by atoms with van der Waals surface area (Å²) in [6.45, 7) is 5.94. The van der Waals surface area contributed by atoms with Gasteiger partial charge in [0.25, 0.3) is 0 Å². The van der Waals surface area contributed by atoms with Gasteiger partial charge >= 0.3 is 12.2 Å². The number of hydrogen-bond acceptors (Lipinski definition) is 6. The molecule has 12 heteroatoms. The number of thiazole rings is 1.